The summed E-state index contributed by atoms with van der Waals surface area (Å²) in [5, 5.41) is 8.84. The fourth-order valence-electron chi connectivity index (χ4n) is 2.28. The summed E-state index contributed by atoms with van der Waals surface area (Å²) in [5.41, 5.74) is 4.00. The number of nitrogens with zero attached hydrogens (tertiary/aromatic N) is 1. The van der Waals surface area contributed by atoms with E-state index in [1.807, 2.05) is 79.7 Å². The van der Waals surface area contributed by atoms with Gasteiger partial charge in [-0.15, -0.1) is 0 Å². The summed E-state index contributed by atoms with van der Waals surface area (Å²) < 4.78 is 11.2. The SMILES string of the molecule is Cc1ccc(OCOc2ccc(-c3ccc(C#N)cc3)cc2)cc1. The molecule has 3 heteroatoms. The van der Waals surface area contributed by atoms with Gasteiger partial charge in [0.15, 0.2) is 0 Å². The topological polar surface area (TPSA) is 42.2 Å². The molecule has 0 bridgehead atoms. The molecule has 0 aliphatic rings. The van der Waals surface area contributed by atoms with Gasteiger partial charge in [-0.25, -0.2) is 0 Å². The van der Waals surface area contributed by atoms with Crippen LogP contribution in [0, 0.1) is 18.3 Å². The van der Waals surface area contributed by atoms with Crippen LogP contribution in [0.25, 0.3) is 11.1 Å². The van der Waals surface area contributed by atoms with Crippen molar-refractivity contribution in [3.05, 3.63) is 83.9 Å². The van der Waals surface area contributed by atoms with Crippen LogP contribution < -0.4 is 9.47 Å². The van der Waals surface area contributed by atoms with Gasteiger partial charge in [-0.2, -0.15) is 5.26 Å². The van der Waals surface area contributed by atoms with E-state index in [-0.39, 0.29) is 6.79 Å². The first-order valence-electron chi connectivity index (χ1n) is 7.67. The van der Waals surface area contributed by atoms with Gasteiger partial charge in [0.05, 0.1) is 11.6 Å². The smallest absolute Gasteiger partial charge is 0.230 e. The molecule has 0 saturated heterocycles. The quantitative estimate of drug-likeness (QED) is 0.626. The van der Waals surface area contributed by atoms with Crippen molar-refractivity contribution in [3.63, 3.8) is 0 Å². The Morgan fingerprint density at radius 2 is 1.17 bits per heavy atom. The van der Waals surface area contributed by atoms with E-state index in [4.69, 9.17) is 14.7 Å². The molecule has 0 aliphatic heterocycles. The standard InChI is InChI=1S/C21H17NO2/c1-16-2-10-20(11-3-16)23-15-24-21-12-8-19(9-13-21)18-6-4-17(14-22)5-7-18/h2-13H,15H2,1H3. The van der Waals surface area contributed by atoms with E-state index in [1.165, 1.54) is 5.56 Å². The lowest BCUT2D eigenvalue weighted by Gasteiger charge is -2.09. The highest BCUT2D eigenvalue weighted by molar-refractivity contribution is 5.64. The van der Waals surface area contributed by atoms with Gasteiger partial charge in [0, 0.05) is 0 Å². The Balaban J connectivity index is 1.58. The van der Waals surface area contributed by atoms with Gasteiger partial charge in [0.1, 0.15) is 11.5 Å². The maximum Gasteiger partial charge on any atom is 0.230 e. The molecule has 0 fully saturated rings. The van der Waals surface area contributed by atoms with Crippen molar-refractivity contribution >= 4 is 0 Å². The van der Waals surface area contributed by atoms with Gasteiger partial charge < -0.3 is 9.47 Å². The molecule has 0 spiro atoms. The van der Waals surface area contributed by atoms with Crippen molar-refractivity contribution < 1.29 is 9.47 Å². The summed E-state index contributed by atoms with van der Waals surface area (Å²) >= 11 is 0. The van der Waals surface area contributed by atoms with Crippen LogP contribution in [-0.4, -0.2) is 6.79 Å². The highest BCUT2D eigenvalue weighted by Crippen LogP contribution is 2.23. The van der Waals surface area contributed by atoms with Crippen molar-refractivity contribution in [3.8, 4) is 28.7 Å². The molecular formula is C21H17NO2. The average Bonchev–Trinajstić information content (AvgIpc) is 2.64. The van der Waals surface area contributed by atoms with Crippen molar-refractivity contribution in [1.29, 1.82) is 5.26 Å². The molecule has 3 rings (SSSR count). The fourth-order valence-corrected chi connectivity index (χ4v) is 2.28. The highest BCUT2D eigenvalue weighted by atomic mass is 16.7. The van der Waals surface area contributed by atoms with Crippen LogP contribution in [-0.2, 0) is 0 Å². The van der Waals surface area contributed by atoms with Gasteiger partial charge >= 0.3 is 0 Å². The van der Waals surface area contributed by atoms with Gasteiger partial charge in [0.25, 0.3) is 0 Å². The molecule has 3 aromatic rings. The lowest BCUT2D eigenvalue weighted by molar-refractivity contribution is 0.120. The number of rotatable bonds is 5. The van der Waals surface area contributed by atoms with Gasteiger partial charge in [-0.3, -0.25) is 0 Å². The molecular weight excluding hydrogens is 298 g/mol. The Kier molecular flexibility index (Phi) is 4.78. The Morgan fingerprint density at radius 1 is 0.708 bits per heavy atom. The molecule has 0 heterocycles. The number of benzene rings is 3. The van der Waals surface area contributed by atoms with E-state index in [0.29, 0.717) is 5.56 Å². The molecule has 0 aliphatic carbocycles. The van der Waals surface area contributed by atoms with Crippen LogP contribution in [0.2, 0.25) is 0 Å². The molecule has 3 nitrogen and oxygen atoms in total. The van der Waals surface area contributed by atoms with Crippen molar-refractivity contribution in [2.24, 2.45) is 0 Å². The Bertz CT molecular complexity index is 829. The summed E-state index contributed by atoms with van der Waals surface area (Å²) in [7, 11) is 0. The third-order valence-corrected chi connectivity index (χ3v) is 3.67. The summed E-state index contributed by atoms with van der Waals surface area (Å²) in [4.78, 5) is 0. The first-order valence-corrected chi connectivity index (χ1v) is 7.67. The minimum atomic E-state index is 0.166. The third kappa shape index (κ3) is 3.93. The van der Waals surface area contributed by atoms with Crippen molar-refractivity contribution in [2.75, 3.05) is 6.79 Å². The van der Waals surface area contributed by atoms with E-state index in [1.54, 1.807) is 0 Å². The minimum Gasteiger partial charge on any atom is -0.458 e. The second-order valence-corrected chi connectivity index (χ2v) is 5.43. The second-order valence-electron chi connectivity index (χ2n) is 5.43. The molecule has 0 aromatic heterocycles. The van der Waals surface area contributed by atoms with Gasteiger partial charge in [-0.05, 0) is 54.4 Å². The van der Waals surface area contributed by atoms with Crippen LogP contribution in [0.15, 0.2) is 72.8 Å². The maximum absolute atomic E-state index is 8.84. The molecule has 3 aromatic carbocycles. The molecule has 0 atom stereocenters. The summed E-state index contributed by atoms with van der Waals surface area (Å²) in [5.74, 6) is 1.54. The van der Waals surface area contributed by atoms with Crippen molar-refractivity contribution in [1.82, 2.24) is 0 Å². The van der Waals surface area contributed by atoms with Crippen LogP contribution in [0.3, 0.4) is 0 Å². The summed E-state index contributed by atoms with van der Waals surface area (Å²) in [6.07, 6.45) is 0. The molecule has 0 N–H and O–H groups in total. The molecule has 0 unspecified atom stereocenters. The minimum absolute atomic E-state index is 0.166. The third-order valence-electron chi connectivity index (χ3n) is 3.67. The maximum atomic E-state index is 8.84. The molecule has 0 amide bonds. The second kappa shape index (κ2) is 7.34. The first kappa shape index (κ1) is 15.6. The largest absolute Gasteiger partial charge is 0.458 e. The zero-order valence-corrected chi connectivity index (χ0v) is 13.4. The number of hydrogen-bond acceptors (Lipinski definition) is 3. The van der Waals surface area contributed by atoms with Crippen LogP contribution in [0.1, 0.15) is 11.1 Å². The summed E-state index contributed by atoms with van der Waals surface area (Å²) in [6.45, 7) is 2.20. The Labute approximate surface area is 141 Å². The Hall–Kier alpha value is -3.25. The van der Waals surface area contributed by atoms with Crippen LogP contribution in [0.4, 0.5) is 0 Å². The van der Waals surface area contributed by atoms with E-state index >= 15 is 0 Å². The van der Waals surface area contributed by atoms with E-state index in [9.17, 15) is 0 Å². The van der Waals surface area contributed by atoms with Gasteiger partial charge in [0.2, 0.25) is 6.79 Å². The fraction of sp³-hybridized carbons (Fsp3) is 0.0952. The molecule has 0 radical (unpaired) electrons. The lowest BCUT2D eigenvalue weighted by Crippen LogP contribution is -2.05. The lowest BCUT2D eigenvalue weighted by atomic mass is 10.0. The summed E-state index contributed by atoms with van der Waals surface area (Å²) in [6, 6.07) is 25.3. The van der Waals surface area contributed by atoms with E-state index in [0.717, 1.165) is 22.6 Å². The number of hydrogen-bond donors (Lipinski definition) is 0. The predicted octanol–water partition coefficient (Wildman–Crippen LogP) is 4.95. The van der Waals surface area contributed by atoms with Gasteiger partial charge in [-0.1, -0.05) is 42.0 Å². The molecule has 118 valence electrons. The zero-order chi connectivity index (χ0) is 16.8. The zero-order valence-electron chi connectivity index (χ0n) is 13.4. The average molecular weight is 315 g/mol. The van der Waals surface area contributed by atoms with Crippen molar-refractivity contribution in [2.45, 2.75) is 6.92 Å². The number of ether oxygens (including phenoxy) is 2. The predicted molar refractivity (Wildman–Crippen MR) is 93.9 cm³/mol. The van der Waals surface area contributed by atoms with Crippen LogP contribution in [0.5, 0.6) is 11.5 Å². The van der Waals surface area contributed by atoms with E-state index in [2.05, 4.69) is 6.07 Å². The molecule has 0 saturated carbocycles. The first-order chi connectivity index (χ1) is 11.7. The number of aryl methyl sites for hydroxylation is 1. The number of nitriles is 1. The Morgan fingerprint density at radius 3 is 1.67 bits per heavy atom. The normalized spacial score (nSPS) is 10.0. The monoisotopic (exact) mass is 315 g/mol. The van der Waals surface area contributed by atoms with Crippen LogP contribution >= 0.6 is 0 Å². The van der Waals surface area contributed by atoms with E-state index < -0.39 is 0 Å². The molecule has 24 heavy (non-hydrogen) atoms. The highest BCUT2D eigenvalue weighted by Gasteiger charge is 2.00.